The van der Waals surface area contributed by atoms with Crippen LogP contribution in [0.5, 0.6) is 0 Å². The van der Waals surface area contributed by atoms with Crippen LogP contribution >= 0.6 is 11.6 Å². The Hall–Kier alpha value is -1.72. The van der Waals surface area contributed by atoms with Crippen molar-refractivity contribution < 1.29 is 18.1 Å². The zero-order valence-corrected chi connectivity index (χ0v) is 13.9. The molecule has 128 valence electrons. The van der Waals surface area contributed by atoms with Gasteiger partial charge in [0, 0.05) is 16.3 Å². The fourth-order valence-corrected chi connectivity index (χ4v) is 3.15. The summed E-state index contributed by atoms with van der Waals surface area (Å²) < 4.78 is 38.5. The second kappa shape index (κ2) is 7.03. The van der Waals surface area contributed by atoms with Gasteiger partial charge in [-0.05, 0) is 30.3 Å². The maximum atomic E-state index is 12.8. The van der Waals surface area contributed by atoms with Crippen molar-refractivity contribution in [3.05, 3.63) is 64.7 Å². The van der Waals surface area contributed by atoms with E-state index in [1.807, 2.05) is 29.2 Å². The summed E-state index contributed by atoms with van der Waals surface area (Å²) in [5, 5.41) is 0.725. The molecule has 0 amide bonds. The fourth-order valence-electron chi connectivity index (χ4n) is 3.03. The molecule has 0 unspecified atom stereocenters. The average Bonchev–Trinajstić information content (AvgIpc) is 2.57. The van der Waals surface area contributed by atoms with E-state index < -0.39 is 11.7 Å². The summed E-state index contributed by atoms with van der Waals surface area (Å²) in [4.78, 5) is 3.46. The van der Waals surface area contributed by atoms with Crippen LogP contribution in [0.25, 0.3) is 0 Å². The van der Waals surface area contributed by atoms with Gasteiger partial charge in [-0.3, -0.25) is 0 Å². The molecule has 3 rings (SSSR count). The van der Waals surface area contributed by atoms with Crippen LogP contribution in [0, 0.1) is 0 Å². The zero-order valence-electron chi connectivity index (χ0n) is 13.1. The Bertz CT molecular complexity index is 677. The van der Waals surface area contributed by atoms with Crippen molar-refractivity contribution in [2.45, 2.75) is 12.7 Å². The molecule has 1 heterocycles. The van der Waals surface area contributed by atoms with Crippen molar-refractivity contribution in [2.24, 2.45) is 0 Å². The number of rotatable bonds is 3. The first kappa shape index (κ1) is 17.1. The predicted molar refractivity (Wildman–Crippen MR) is 89.5 cm³/mol. The summed E-state index contributed by atoms with van der Waals surface area (Å²) in [6.45, 7) is 4.22. The molecular formula is C18H19ClF3N2+. The van der Waals surface area contributed by atoms with Gasteiger partial charge < -0.3 is 9.80 Å². The molecule has 0 atom stereocenters. The van der Waals surface area contributed by atoms with Gasteiger partial charge >= 0.3 is 6.18 Å². The molecule has 0 aliphatic carbocycles. The second-order valence-corrected chi connectivity index (χ2v) is 6.52. The first-order valence-electron chi connectivity index (χ1n) is 7.92. The summed E-state index contributed by atoms with van der Waals surface area (Å²) in [5.41, 5.74) is 1.29. The molecule has 0 spiro atoms. The minimum absolute atomic E-state index is 0.587. The molecule has 24 heavy (non-hydrogen) atoms. The zero-order chi connectivity index (χ0) is 17.2. The highest BCUT2D eigenvalue weighted by Crippen LogP contribution is 2.31. The fraction of sp³-hybridized carbons (Fsp3) is 0.333. The summed E-state index contributed by atoms with van der Waals surface area (Å²) in [6.07, 6.45) is -4.29. The molecule has 2 aromatic rings. The normalized spacial score (nSPS) is 16.4. The third-order valence-corrected chi connectivity index (χ3v) is 4.63. The number of piperazine rings is 1. The molecule has 0 aromatic heterocycles. The third-order valence-electron chi connectivity index (χ3n) is 4.38. The maximum absolute atomic E-state index is 12.8. The van der Waals surface area contributed by atoms with Crippen LogP contribution in [-0.2, 0) is 12.7 Å². The van der Waals surface area contributed by atoms with Gasteiger partial charge in [-0.2, -0.15) is 13.2 Å². The van der Waals surface area contributed by atoms with Crippen LogP contribution < -0.4 is 9.80 Å². The Kier molecular flexibility index (Phi) is 5.01. The molecule has 2 aromatic carbocycles. The third kappa shape index (κ3) is 4.22. The van der Waals surface area contributed by atoms with Gasteiger partial charge in [0.1, 0.15) is 6.54 Å². The molecule has 1 fully saturated rings. The van der Waals surface area contributed by atoms with Crippen molar-refractivity contribution in [3.8, 4) is 0 Å². The largest absolute Gasteiger partial charge is 0.416 e. The van der Waals surface area contributed by atoms with Crippen LogP contribution in [0.4, 0.5) is 18.9 Å². The number of alkyl halides is 3. The molecule has 0 radical (unpaired) electrons. The average molecular weight is 356 g/mol. The highest BCUT2D eigenvalue weighted by Gasteiger charge is 2.31. The van der Waals surface area contributed by atoms with E-state index in [0.717, 1.165) is 43.8 Å². The summed E-state index contributed by atoms with van der Waals surface area (Å²) >= 11 is 5.89. The number of anilines is 1. The van der Waals surface area contributed by atoms with Gasteiger partial charge in [0.15, 0.2) is 0 Å². The molecule has 1 aliphatic heterocycles. The maximum Gasteiger partial charge on any atom is 0.416 e. The lowest BCUT2D eigenvalue weighted by atomic mass is 10.1. The van der Waals surface area contributed by atoms with E-state index in [4.69, 9.17) is 11.6 Å². The Morgan fingerprint density at radius 3 is 2.29 bits per heavy atom. The number of nitrogens with zero attached hydrogens (tertiary/aromatic N) is 1. The van der Waals surface area contributed by atoms with E-state index in [2.05, 4.69) is 0 Å². The Morgan fingerprint density at radius 1 is 1.00 bits per heavy atom. The van der Waals surface area contributed by atoms with Gasteiger partial charge in [-0.25, -0.2) is 0 Å². The molecular weight excluding hydrogens is 337 g/mol. The van der Waals surface area contributed by atoms with Crippen molar-refractivity contribution in [1.82, 2.24) is 0 Å². The number of nitrogens with one attached hydrogen (secondary N) is 1. The molecule has 1 aliphatic rings. The van der Waals surface area contributed by atoms with Crippen LogP contribution in [0.3, 0.4) is 0 Å². The Morgan fingerprint density at radius 2 is 1.67 bits per heavy atom. The van der Waals surface area contributed by atoms with E-state index in [1.54, 1.807) is 6.07 Å². The minimum atomic E-state index is -4.29. The molecule has 0 saturated carbocycles. The SMILES string of the molecule is FC(F)(F)c1cccc(N2CC[NH+](Cc3ccc(Cl)cc3)CC2)c1. The van der Waals surface area contributed by atoms with Crippen LogP contribution in [0.1, 0.15) is 11.1 Å². The van der Waals surface area contributed by atoms with Crippen molar-refractivity contribution in [1.29, 1.82) is 0 Å². The van der Waals surface area contributed by atoms with Gasteiger partial charge in [-0.1, -0.05) is 29.8 Å². The van der Waals surface area contributed by atoms with Gasteiger partial charge in [-0.15, -0.1) is 0 Å². The Balaban J connectivity index is 1.60. The smallest absolute Gasteiger partial charge is 0.360 e. The molecule has 1 saturated heterocycles. The number of halogens is 4. The van der Waals surface area contributed by atoms with Crippen LogP contribution in [0.15, 0.2) is 48.5 Å². The minimum Gasteiger partial charge on any atom is -0.360 e. The van der Waals surface area contributed by atoms with E-state index in [0.29, 0.717) is 5.69 Å². The number of benzene rings is 2. The first-order valence-corrected chi connectivity index (χ1v) is 8.30. The molecule has 6 heteroatoms. The van der Waals surface area contributed by atoms with Crippen LogP contribution in [-0.4, -0.2) is 26.2 Å². The monoisotopic (exact) mass is 355 g/mol. The topological polar surface area (TPSA) is 7.68 Å². The van der Waals surface area contributed by atoms with Gasteiger partial charge in [0.25, 0.3) is 0 Å². The van der Waals surface area contributed by atoms with E-state index in [-0.39, 0.29) is 0 Å². The molecule has 0 bridgehead atoms. The van der Waals surface area contributed by atoms with Gasteiger partial charge in [0.05, 0.1) is 31.7 Å². The standard InChI is InChI=1S/C18H18ClF3N2/c19-16-6-4-14(5-7-16)13-23-8-10-24(11-9-23)17-3-1-2-15(12-17)18(20,21)22/h1-7,12H,8-11,13H2/p+1. The summed E-state index contributed by atoms with van der Waals surface area (Å²) in [5.74, 6) is 0. The highest BCUT2D eigenvalue weighted by atomic mass is 35.5. The Labute approximate surface area is 144 Å². The van der Waals surface area contributed by atoms with E-state index in [1.165, 1.54) is 22.6 Å². The summed E-state index contributed by atoms with van der Waals surface area (Å²) in [7, 11) is 0. The molecule has 1 N–H and O–H groups in total. The van der Waals surface area contributed by atoms with E-state index >= 15 is 0 Å². The second-order valence-electron chi connectivity index (χ2n) is 6.09. The highest BCUT2D eigenvalue weighted by molar-refractivity contribution is 6.30. The lowest BCUT2D eigenvalue weighted by Gasteiger charge is -2.34. The van der Waals surface area contributed by atoms with E-state index in [9.17, 15) is 13.2 Å². The summed E-state index contributed by atoms with van der Waals surface area (Å²) in [6, 6.07) is 13.4. The number of hydrogen-bond acceptors (Lipinski definition) is 1. The van der Waals surface area contributed by atoms with Crippen LogP contribution in [0.2, 0.25) is 5.02 Å². The predicted octanol–water partition coefficient (Wildman–Crippen LogP) is 3.26. The lowest BCUT2D eigenvalue weighted by molar-refractivity contribution is -0.914. The van der Waals surface area contributed by atoms with Crippen molar-refractivity contribution in [2.75, 3.05) is 31.1 Å². The lowest BCUT2D eigenvalue weighted by Crippen LogP contribution is -3.13. The number of hydrogen-bond donors (Lipinski definition) is 1. The number of quaternary nitrogens is 1. The van der Waals surface area contributed by atoms with Crippen molar-refractivity contribution in [3.63, 3.8) is 0 Å². The first-order chi connectivity index (χ1) is 11.4. The van der Waals surface area contributed by atoms with Crippen molar-refractivity contribution >= 4 is 17.3 Å². The molecule has 2 nitrogen and oxygen atoms in total. The van der Waals surface area contributed by atoms with Gasteiger partial charge in [0.2, 0.25) is 0 Å². The quantitative estimate of drug-likeness (QED) is 0.888.